The second kappa shape index (κ2) is 17.6. The van der Waals surface area contributed by atoms with Gasteiger partial charge in [0, 0.05) is 44.6 Å². The summed E-state index contributed by atoms with van der Waals surface area (Å²) < 4.78 is 6.83. The van der Waals surface area contributed by atoms with Crippen molar-refractivity contribution >= 4 is 77.6 Å². The lowest BCUT2D eigenvalue weighted by Crippen LogP contribution is -2.12. The van der Waals surface area contributed by atoms with Gasteiger partial charge in [-0.15, -0.1) is 0 Å². The van der Waals surface area contributed by atoms with E-state index in [0.29, 0.717) is 11.8 Å². The molecule has 0 aliphatic heterocycles. The van der Waals surface area contributed by atoms with Crippen LogP contribution in [0, 0.1) is 0 Å². The molecule has 0 unspecified atom stereocenters. The highest BCUT2D eigenvalue weighted by molar-refractivity contribution is 6.14. The van der Waals surface area contributed by atoms with Gasteiger partial charge < -0.3 is 14.2 Å². The van der Waals surface area contributed by atoms with Gasteiger partial charge in [-0.2, -0.15) is 0 Å². The zero-order valence-corrected chi connectivity index (χ0v) is 40.7. The van der Waals surface area contributed by atoms with Gasteiger partial charge >= 0.3 is 0 Å². The number of benzene rings is 10. The average Bonchev–Trinajstić information content (AvgIpc) is 3.71. The Morgan fingerprint density at radius 3 is 1.23 bits per heavy atom. The first-order valence-electron chi connectivity index (χ1n) is 24.5. The molecule has 0 aliphatic carbocycles. The van der Waals surface area contributed by atoms with Gasteiger partial charge in [0.2, 0.25) is 0 Å². The smallest absolute Gasteiger partial charge is 0.136 e. The molecule has 0 radical (unpaired) electrons. The molecule has 3 heteroatoms. The second-order valence-electron chi connectivity index (χ2n) is 20.3. The monoisotopic (exact) mass is 894 g/mol. The van der Waals surface area contributed by atoms with E-state index < -0.39 is 0 Å². The summed E-state index contributed by atoms with van der Waals surface area (Å²) in [6.07, 6.45) is 0. The van der Waals surface area contributed by atoms with Crippen LogP contribution in [0.4, 0.5) is 34.1 Å². The van der Waals surface area contributed by atoms with Gasteiger partial charge in [0.05, 0.1) is 11.4 Å². The van der Waals surface area contributed by atoms with Crippen LogP contribution in [0.15, 0.2) is 217 Å². The van der Waals surface area contributed by atoms with Crippen molar-refractivity contribution in [3.63, 3.8) is 0 Å². The Bertz CT molecular complexity index is 3630. The summed E-state index contributed by atoms with van der Waals surface area (Å²) in [6.45, 7) is 15.8. The van der Waals surface area contributed by atoms with Gasteiger partial charge in [-0.25, -0.2) is 0 Å². The molecule has 10 aromatic carbocycles. The Balaban J connectivity index is 1.00. The molecule has 3 nitrogen and oxygen atoms in total. The van der Waals surface area contributed by atoms with Crippen molar-refractivity contribution in [3.05, 3.63) is 229 Å². The molecule has 11 rings (SSSR count). The summed E-state index contributed by atoms with van der Waals surface area (Å²) in [5.74, 6) is 0.917. The molecule has 0 fully saturated rings. The van der Waals surface area contributed by atoms with Crippen LogP contribution in [-0.2, 0) is 5.41 Å². The number of fused-ring (bicyclic) bond motifs is 5. The Morgan fingerprint density at radius 1 is 0.362 bits per heavy atom. The summed E-state index contributed by atoms with van der Waals surface area (Å²) in [5.41, 5.74) is 17.2. The minimum atomic E-state index is 0.0822. The van der Waals surface area contributed by atoms with Crippen LogP contribution in [-0.4, -0.2) is 0 Å². The maximum absolute atomic E-state index is 6.83. The van der Waals surface area contributed by atoms with Crippen molar-refractivity contribution in [2.45, 2.75) is 65.7 Å². The predicted molar refractivity (Wildman–Crippen MR) is 296 cm³/mol. The SMILES string of the molecule is CC(C)c1ccc(-c2ccccc2N(c2ccc(C(C)C)cc2)c2ccc3cc4c(cc3c2)oc2cc3cc(N(c5ccccc5)c5ccccc5-c5ccc(C(C)(C)C)cc5)ccc3cc24)cc1. The van der Waals surface area contributed by atoms with E-state index >= 15 is 0 Å². The molecule has 0 spiro atoms. The topological polar surface area (TPSA) is 19.6 Å². The molecule has 0 atom stereocenters. The molecule has 0 saturated heterocycles. The van der Waals surface area contributed by atoms with Gasteiger partial charge in [-0.05, 0) is 152 Å². The van der Waals surface area contributed by atoms with Crippen LogP contribution in [0.1, 0.15) is 77.0 Å². The lowest BCUT2D eigenvalue weighted by atomic mass is 9.86. The first-order chi connectivity index (χ1) is 33.5. The molecule has 0 amide bonds. The first-order valence-corrected chi connectivity index (χ1v) is 24.5. The lowest BCUT2D eigenvalue weighted by Gasteiger charge is -2.28. The Hall–Kier alpha value is -7.88. The number of hydrogen-bond donors (Lipinski definition) is 0. The normalized spacial score (nSPS) is 12.0. The highest BCUT2D eigenvalue weighted by atomic mass is 16.3. The Kier molecular flexibility index (Phi) is 11.2. The zero-order chi connectivity index (χ0) is 47.4. The maximum atomic E-state index is 6.83. The fourth-order valence-corrected chi connectivity index (χ4v) is 9.98. The fraction of sp³-hybridized carbons (Fsp3) is 0.152. The molecule has 0 N–H and O–H groups in total. The summed E-state index contributed by atoms with van der Waals surface area (Å²) >= 11 is 0. The van der Waals surface area contributed by atoms with Gasteiger partial charge in [-0.1, -0.05) is 176 Å². The van der Waals surface area contributed by atoms with E-state index in [0.717, 1.165) is 66.8 Å². The Labute approximate surface area is 406 Å². The van der Waals surface area contributed by atoms with Crippen molar-refractivity contribution < 1.29 is 4.42 Å². The van der Waals surface area contributed by atoms with Crippen molar-refractivity contribution in [3.8, 4) is 22.3 Å². The highest BCUT2D eigenvalue weighted by Gasteiger charge is 2.22. The summed E-state index contributed by atoms with van der Waals surface area (Å²) in [5, 5.41) is 6.81. The number of hydrogen-bond acceptors (Lipinski definition) is 3. The minimum Gasteiger partial charge on any atom is -0.456 e. The van der Waals surface area contributed by atoms with Crippen LogP contribution >= 0.6 is 0 Å². The van der Waals surface area contributed by atoms with Crippen LogP contribution in [0.25, 0.3) is 65.7 Å². The summed E-state index contributed by atoms with van der Waals surface area (Å²) in [4.78, 5) is 4.78. The molecule has 1 heterocycles. The summed E-state index contributed by atoms with van der Waals surface area (Å²) in [6, 6.07) is 78.1. The lowest BCUT2D eigenvalue weighted by molar-refractivity contribution is 0.590. The third-order valence-electron chi connectivity index (χ3n) is 13.9. The van der Waals surface area contributed by atoms with E-state index in [-0.39, 0.29) is 5.41 Å². The van der Waals surface area contributed by atoms with E-state index in [1.54, 1.807) is 0 Å². The highest BCUT2D eigenvalue weighted by Crippen LogP contribution is 2.45. The van der Waals surface area contributed by atoms with Crippen LogP contribution in [0.3, 0.4) is 0 Å². The van der Waals surface area contributed by atoms with Gasteiger partial charge in [-0.3, -0.25) is 0 Å². The van der Waals surface area contributed by atoms with Gasteiger partial charge in [0.15, 0.2) is 0 Å². The molecular weight excluding hydrogens is 837 g/mol. The van der Waals surface area contributed by atoms with E-state index in [9.17, 15) is 0 Å². The zero-order valence-electron chi connectivity index (χ0n) is 40.7. The second-order valence-corrected chi connectivity index (χ2v) is 20.3. The van der Waals surface area contributed by atoms with Crippen LogP contribution in [0.2, 0.25) is 0 Å². The third-order valence-corrected chi connectivity index (χ3v) is 13.9. The van der Waals surface area contributed by atoms with E-state index in [1.165, 1.54) is 49.7 Å². The number of rotatable bonds is 10. The standard InChI is InChI=1S/C66H58N2O/c1-43(2)45-21-23-47(24-22-45)58-17-11-14-20-63(58)68(55-33-27-46(28-34-55)44(3)4)57-36-30-50-40-61-60-39-49-29-35-56(37-51(49)41-64(60)69-65(61)42-52(50)38-57)67(54-15-9-8-10-16-54)62-19-13-12-18-59(62)48-25-31-53(32-26-48)66(5,6)7/h8-44H,1-7H3. The number of anilines is 6. The van der Waals surface area contributed by atoms with E-state index in [4.69, 9.17) is 4.42 Å². The van der Waals surface area contributed by atoms with Crippen LogP contribution in [0.5, 0.6) is 0 Å². The molecule has 0 saturated carbocycles. The minimum absolute atomic E-state index is 0.0822. The molecule has 11 aromatic rings. The number of nitrogens with zero attached hydrogens (tertiary/aromatic N) is 2. The molecule has 69 heavy (non-hydrogen) atoms. The van der Waals surface area contributed by atoms with Gasteiger partial charge in [0.25, 0.3) is 0 Å². The summed E-state index contributed by atoms with van der Waals surface area (Å²) in [7, 11) is 0. The third kappa shape index (κ3) is 8.33. The maximum Gasteiger partial charge on any atom is 0.136 e. The van der Waals surface area contributed by atoms with Crippen LogP contribution < -0.4 is 9.80 Å². The molecule has 338 valence electrons. The largest absolute Gasteiger partial charge is 0.456 e. The van der Waals surface area contributed by atoms with Crippen molar-refractivity contribution in [2.75, 3.05) is 9.80 Å². The quantitative estimate of drug-likeness (QED) is 0.136. The van der Waals surface area contributed by atoms with E-state index in [2.05, 4.69) is 271 Å². The molecule has 1 aromatic heterocycles. The average molecular weight is 895 g/mol. The predicted octanol–water partition coefficient (Wildman–Crippen LogP) is 19.7. The van der Waals surface area contributed by atoms with E-state index in [1.807, 2.05) is 0 Å². The molecule has 0 bridgehead atoms. The fourth-order valence-electron chi connectivity index (χ4n) is 9.98. The molecular formula is C66H58N2O. The van der Waals surface area contributed by atoms with Crippen molar-refractivity contribution in [2.24, 2.45) is 0 Å². The molecule has 0 aliphatic rings. The van der Waals surface area contributed by atoms with Crippen molar-refractivity contribution in [1.29, 1.82) is 0 Å². The van der Waals surface area contributed by atoms with Crippen molar-refractivity contribution in [1.82, 2.24) is 0 Å². The first kappa shape index (κ1) is 43.7. The van der Waals surface area contributed by atoms with Gasteiger partial charge in [0.1, 0.15) is 11.2 Å². The number of furan rings is 1. The number of para-hydroxylation sites is 3. The Morgan fingerprint density at radius 2 is 0.768 bits per heavy atom.